The van der Waals surface area contributed by atoms with E-state index in [2.05, 4.69) is 165 Å². The van der Waals surface area contributed by atoms with E-state index in [1.807, 2.05) is 0 Å². The van der Waals surface area contributed by atoms with Gasteiger partial charge in [0.1, 0.15) is 17.2 Å². The molecule has 4 heteroatoms. The second-order valence-electron chi connectivity index (χ2n) is 17.2. The molecule has 0 saturated heterocycles. The number of hydrogen-bond acceptors (Lipinski definition) is 1. The van der Waals surface area contributed by atoms with E-state index in [9.17, 15) is 0 Å². The smallest absolute Gasteiger partial charge is 0.313 e. The highest BCUT2D eigenvalue weighted by Gasteiger charge is 2.36. The van der Waals surface area contributed by atoms with Gasteiger partial charge < -0.3 is 4.57 Å². The Labute approximate surface area is 340 Å². The molecule has 3 heterocycles. The molecule has 0 spiro atoms. The second kappa shape index (κ2) is 13.8. The van der Waals surface area contributed by atoms with E-state index in [1.165, 1.54) is 108 Å². The molecular weight excluding hydrogens is 705 g/mol. The number of fused-ring (bicyclic) bond motifs is 8. The van der Waals surface area contributed by atoms with Crippen molar-refractivity contribution in [3.05, 3.63) is 179 Å². The molecule has 5 aliphatic rings. The monoisotopic (exact) mass is 753 g/mol. The third-order valence-electron chi connectivity index (χ3n) is 14.0. The Kier molecular flexibility index (Phi) is 8.06. The zero-order valence-corrected chi connectivity index (χ0v) is 33.1. The number of aryl methyl sites for hydroxylation is 1. The third-order valence-corrected chi connectivity index (χ3v) is 14.0. The van der Waals surface area contributed by atoms with Crippen molar-refractivity contribution < 1.29 is 4.99 Å². The Morgan fingerprint density at radius 3 is 2.40 bits per heavy atom. The van der Waals surface area contributed by atoms with Gasteiger partial charge in [0.25, 0.3) is 0 Å². The summed E-state index contributed by atoms with van der Waals surface area (Å²) in [5.41, 5.74) is 17.9. The van der Waals surface area contributed by atoms with Crippen LogP contribution in [0.3, 0.4) is 0 Å². The van der Waals surface area contributed by atoms with Crippen molar-refractivity contribution in [1.82, 2.24) is 9.13 Å². The number of allylic oxidation sites excluding steroid dienone is 6. The van der Waals surface area contributed by atoms with Gasteiger partial charge >= 0.3 is 5.96 Å². The molecule has 2 aromatic heterocycles. The van der Waals surface area contributed by atoms with E-state index in [0.29, 0.717) is 11.8 Å². The van der Waals surface area contributed by atoms with Crippen molar-refractivity contribution in [2.75, 3.05) is 5.32 Å². The van der Waals surface area contributed by atoms with Gasteiger partial charge in [-0.15, -0.1) is 0 Å². The summed E-state index contributed by atoms with van der Waals surface area (Å²) >= 11 is 0. The number of para-hydroxylation sites is 3. The maximum Gasteiger partial charge on any atom is 0.361 e. The summed E-state index contributed by atoms with van der Waals surface area (Å²) in [6.07, 6.45) is 25.8. The summed E-state index contributed by atoms with van der Waals surface area (Å²) < 4.78 is 5.12. The number of nitrogens with zero attached hydrogens (tertiary/aromatic N) is 2. The lowest BCUT2D eigenvalue weighted by molar-refractivity contribution is -0.521. The number of rotatable bonds is 4. The zero-order chi connectivity index (χ0) is 38.2. The van der Waals surface area contributed by atoms with Crippen molar-refractivity contribution in [1.29, 1.82) is 0 Å². The van der Waals surface area contributed by atoms with E-state index in [-0.39, 0.29) is 6.04 Å². The summed E-state index contributed by atoms with van der Waals surface area (Å²) in [6, 6.07) is 41.6. The number of benzene rings is 5. The van der Waals surface area contributed by atoms with Crippen LogP contribution in [0.25, 0.3) is 50.1 Å². The summed E-state index contributed by atoms with van der Waals surface area (Å²) in [5, 5.41) is 8.01. The predicted molar refractivity (Wildman–Crippen MR) is 242 cm³/mol. The molecule has 2 N–H and O–H groups in total. The molecule has 58 heavy (non-hydrogen) atoms. The van der Waals surface area contributed by atoms with Gasteiger partial charge in [-0.05, 0) is 127 Å². The summed E-state index contributed by atoms with van der Waals surface area (Å²) in [4.78, 5) is 4.10. The minimum Gasteiger partial charge on any atom is -0.313 e. The molecule has 0 bridgehead atoms. The van der Waals surface area contributed by atoms with Crippen molar-refractivity contribution in [3.63, 3.8) is 0 Å². The lowest BCUT2D eigenvalue weighted by Crippen LogP contribution is -2.80. The minimum absolute atomic E-state index is 0.152. The first-order chi connectivity index (χ1) is 28.7. The fraction of sp³-hybridized carbons (Fsp3) is 0.241. The molecule has 1 aliphatic heterocycles. The van der Waals surface area contributed by atoms with Crippen LogP contribution in [0, 0.1) is 5.92 Å². The fourth-order valence-corrected chi connectivity index (χ4v) is 11.1. The summed E-state index contributed by atoms with van der Waals surface area (Å²) in [6.45, 7) is 0. The van der Waals surface area contributed by atoms with Crippen LogP contribution in [0.2, 0.25) is 0 Å². The lowest BCUT2D eigenvalue weighted by Gasteiger charge is -2.29. The quantitative estimate of drug-likeness (QED) is 0.184. The summed E-state index contributed by atoms with van der Waals surface area (Å²) in [7, 11) is 0. The Morgan fingerprint density at radius 2 is 1.52 bits per heavy atom. The Morgan fingerprint density at radius 1 is 0.672 bits per heavy atom. The van der Waals surface area contributed by atoms with E-state index >= 15 is 0 Å². The highest BCUT2D eigenvalue weighted by atomic mass is 15.2. The molecule has 4 aliphatic carbocycles. The third kappa shape index (κ3) is 5.52. The molecule has 5 aromatic carbocycles. The maximum absolute atomic E-state index is 4.10. The molecule has 0 amide bonds. The first kappa shape index (κ1) is 34.0. The summed E-state index contributed by atoms with van der Waals surface area (Å²) in [5.74, 6) is 1.88. The van der Waals surface area contributed by atoms with Crippen LogP contribution in [-0.4, -0.2) is 15.1 Å². The Hall–Kier alpha value is -6.13. The fourth-order valence-electron chi connectivity index (χ4n) is 11.1. The van der Waals surface area contributed by atoms with E-state index < -0.39 is 0 Å². The van der Waals surface area contributed by atoms with Crippen LogP contribution in [0.1, 0.15) is 96.0 Å². The standard InChI is InChI=1S/C54H48N4/c1-2-14-42(15-3-1)57-49-20-10-7-16-43(49)45-30-28-41(34-52(45)57)40-29-31-51-47(33-40)44-17-8-11-21-50(44)58(51)54-55-48-19-9-6-18-46(48)53(56-54)37-25-22-36(23-26-37)39-27-24-35-12-4-5-13-38(35)32-39/h5-11,13-14,16-25,27-28,30,32,34,37,40,53H,1-4,12,15,26,29,31,33H2,(H,55,56)/p+1. The molecule has 7 aromatic rings. The molecule has 3 unspecified atom stereocenters. The van der Waals surface area contributed by atoms with Crippen LogP contribution < -0.4 is 10.3 Å². The average molecular weight is 754 g/mol. The molecule has 4 nitrogen and oxygen atoms in total. The molecule has 0 saturated carbocycles. The van der Waals surface area contributed by atoms with E-state index in [1.54, 1.807) is 0 Å². The lowest BCUT2D eigenvalue weighted by atomic mass is 9.81. The van der Waals surface area contributed by atoms with E-state index in [0.717, 1.165) is 50.9 Å². The Balaban J connectivity index is 0.897. The zero-order valence-electron chi connectivity index (χ0n) is 33.1. The van der Waals surface area contributed by atoms with Gasteiger partial charge in [-0.1, -0.05) is 115 Å². The van der Waals surface area contributed by atoms with Gasteiger partial charge in [0.2, 0.25) is 0 Å². The number of nitrogens with one attached hydrogen (secondary N) is 2. The van der Waals surface area contributed by atoms with Crippen LogP contribution in [0.5, 0.6) is 0 Å². The van der Waals surface area contributed by atoms with Crippen LogP contribution in [0.4, 0.5) is 5.69 Å². The molecule has 3 atom stereocenters. The van der Waals surface area contributed by atoms with Crippen molar-refractivity contribution in [3.8, 4) is 0 Å². The largest absolute Gasteiger partial charge is 0.361 e. The first-order valence-corrected chi connectivity index (χ1v) is 21.8. The molecule has 0 fully saturated rings. The van der Waals surface area contributed by atoms with Crippen molar-refractivity contribution in [2.45, 2.75) is 76.2 Å². The maximum atomic E-state index is 4.10. The van der Waals surface area contributed by atoms with Crippen molar-refractivity contribution >= 4 is 61.7 Å². The molecule has 284 valence electrons. The highest BCUT2D eigenvalue weighted by molar-refractivity contribution is 6.10. The molecule has 0 radical (unpaired) electrons. The van der Waals surface area contributed by atoms with Gasteiger partial charge in [-0.25, -0.2) is 9.88 Å². The second-order valence-corrected chi connectivity index (χ2v) is 17.2. The highest BCUT2D eigenvalue weighted by Crippen LogP contribution is 2.42. The van der Waals surface area contributed by atoms with Gasteiger partial charge in [-0.3, -0.25) is 4.99 Å². The SMILES string of the molecule is C1=Cc2cc(C3=CCC(C4[NH+]=C(n5c6c(c7ccccc75)CC(c5ccc7c8ccccc8n(C8=CCCCC8)c7c5)CC6)Nc5ccccc54)C=C3)ccc2CC1. The van der Waals surface area contributed by atoms with E-state index in [4.69, 9.17) is 0 Å². The Bertz CT molecular complexity index is 2960. The van der Waals surface area contributed by atoms with Gasteiger partial charge in [-0.2, -0.15) is 0 Å². The van der Waals surface area contributed by atoms with Gasteiger partial charge in [0.15, 0.2) is 0 Å². The first-order valence-electron chi connectivity index (χ1n) is 21.8. The average Bonchev–Trinajstić information content (AvgIpc) is 3.81. The van der Waals surface area contributed by atoms with Crippen LogP contribution in [-0.2, 0) is 19.3 Å². The number of anilines is 1. The minimum atomic E-state index is 0.152. The van der Waals surface area contributed by atoms with Crippen LogP contribution in [0.15, 0.2) is 140 Å². The van der Waals surface area contributed by atoms with Gasteiger partial charge in [0, 0.05) is 39.8 Å². The predicted octanol–water partition coefficient (Wildman–Crippen LogP) is 11.5. The molecule has 12 rings (SSSR count). The van der Waals surface area contributed by atoms with Crippen molar-refractivity contribution in [2.24, 2.45) is 5.92 Å². The number of hydrogen-bond donors (Lipinski definition) is 2. The topological polar surface area (TPSA) is 35.9 Å². The van der Waals surface area contributed by atoms with Crippen LogP contribution >= 0.6 is 0 Å². The van der Waals surface area contributed by atoms with Gasteiger partial charge in [0.05, 0.1) is 16.7 Å². The molecular formula is C54H49N4+. The number of aromatic nitrogens is 2. The normalized spacial score (nSPS) is 21.2.